The highest BCUT2D eigenvalue weighted by molar-refractivity contribution is 7.04. The average Bonchev–Trinajstić information content (AvgIpc) is 3.74. The quantitative estimate of drug-likeness (QED) is 0.234. The summed E-state index contributed by atoms with van der Waals surface area (Å²) < 4.78 is 68.3. The highest BCUT2D eigenvalue weighted by Crippen LogP contribution is 2.43. The van der Waals surface area contributed by atoms with Crippen LogP contribution in [0.15, 0.2) is 41.2 Å². The van der Waals surface area contributed by atoms with Crippen LogP contribution in [0.2, 0.25) is 5.02 Å². The number of H-pyrrole nitrogens is 1. The van der Waals surface area contributed by atoms with E-state index in [0.717, 1.165) is 7.05 Å². The predicted octanol–water partition coefficient (Wildman–Crippen LogP) is 6.11. The fourth-order valence-electron chi connectivity index (χ4n) is 3.74. The first-order valence-electron chi connectivity index (χ1n) is 11.3. The van der Waals surface area contributed by atoms with Gasteiger partial charge in [-0.15, -0.1) is 0 Å². The fraction of sp³-hybridized carbons (Fsp3) is 0.250. The molecule has 0 atom stereocenters. The van der Waals surface area contributed by atoms with Crippen LogP contribution in [-0.2, 0) is 13.2 Å². The van der Waals surface area contributed by atoms with Crippen LogP contribution in [-0.4, -0.2) is 25.1 Å². The van der Waals surface area contributed by atoms with Gasteiger partial charge in [-0.2, -0.15) is 17.2 Å². The van der Waals surface area contributed by atoms with Crippen LogP contribution in [0.25, 0.3) is 5.69 Å². The smallest absolute Gasteiger partial charge is 0.425 e. The molecule has 0 aliphatic heterocycles. The Kier molecular flexibility index (Phi) is 6.51. The molecule has 1 saturated carbocycles. The van der Waals surface area contributed by atoms with Crippen molar-refractivity contribution in [2.45, 2.75) is 32.0 Å². The molecular weight excluding hydrogens is 550 g/mol. The van der Waals surface area contributed by atoms with Crippen molar-refractivity contribution in [1.82, 2.24) is 18.4 Å². The molecule has 0 spiro atoms. The van der Waals surface area contributed by atoms with Crippen LogP contribution >= 0.6 is 23.3 Å². The Bertz CT molecular complexity index is 1590. The predicted molar refractivity (Wildman–Crippen MR) is 135 cm³/mol. The Balaban J connectivity index is 1.73. The first-order chi connectivity index (χ1) is 17.9. The van der Waals surface area contributed by atoms with E-state index in [1.807, 2.05) is 0 Å². The van der Waals surface area contributed by atoms with E-state index >= 15 is 0 Å². The number of aryl methyl sites for hydroxylation is 1. The van der Waals surface area contributed by atoms with Gasteiger partial charge in [0, 0.05) is 13.1 Å². The normalized spacial score (nSPS) is 13.6. The van der Waals surface area contributed by atoms with Gasteiger partial charge in [0.05, 0.1) is 28.1 Å². The number of halogens is 5. The number of aromatic amines is 1. The zero-order valence-corrected chi connectivity index (χ0v) is 21.4. The topological polar surface area (TPSA) is 93.1 Å². The summed E-state index contributed by atoms with van der Waals surface area (Å²) in [6, 6.07) is 8.19. The lowest BCUT2D eigenvalue weighted by Gasteiger charge is -2.23. The van der Waals surface area contributed by atoms with Gasteiger partial charge in [0.15, 0.2) is 11.3 Å². The Morgan fingerprint density at radius 3 is 2.50 bits per heavy atom. The minimum absolute atomic E-state index is 0.0572. The van der Waals surface area contributed by atoms with Gasteiger partial charge in [-0.1, -0.05) is 17.7 Å². The molecule has 5 rings (SSSR count). The Hall–Kier alpha value is -3.71. The van der Waals surface area contributed by atoms with Gasteiger partial charge in [-0.05, 0) is 55.7 Å². The summed E-state index contributed by atoms with van der Waals surface area (Å²) in [6.07, 6.45) is -3.91. The molecule has 0 saturated heterocycles. The molecule has 38 heavy (non-hydrogen) atoms. The van der Waals surface area contributed by atoms with Crippen molar-refractivity contribution >= 4 is 40.7 Å². The van der Waals surface area contributed by atoms with Gasteiger partial charge < -0.3 is 15.4 Å². The zero-order valence-electron chi connectivity index (χ0n) is 19.9. The summed E-state index contributed by atoms with van der Waals surface area (Å²) in [5.41, 5.74) is -2.75. The number of hydrogen-bond donors (Lipinski definition) is 3. The van der Waals surface area contributed by atoms with Crippen molar-refractivity contribution in [3.63, 3.8) is 0 Å². The highest BCUT2D eigenvalue weighted by Gasteiger charge is 2.43. The number of anilines is 2. The number of pyridine rings is 1. The summed E-state index contributed by atoms with van der Waals surface area (Å²) in [7, 11) is 1.06. The second-order valence-electron chi connectivity index (χ2n) is 8.84. The first kappa shape index (κ1) is 25.9. The highest BCUT2D eigenvalue weighted by atomic mass is 35.5. The first-order valence-corrected chi connectivity index (χ1v) is 12.5. The minimum Gasteiger partial charge on any atom is -0.454 e. The fourth-order valence-corrected chi connectivity index (χ4v) is 4.32. The standard InChI is InChI=1S/C24H20ClF4N5O3S/c1-11-3-7-16(15(26)9-11)31-21-18(22(35)30-12-4-5-12)20(19(24(27,28)29)23(36)33(21)2)37-17-8-6-13(10-14(17)25)34-32-38-34/h3,6-10,12,31-32H,4-5H2,1-2H3,(H,30,35). The largest absolute Gasteiger partial charge is 0.454 e. The van der Waals surface area contributed by atoms with Crippen molar-refractivity contribution in [3.05, 3.63) is 74.3 Å². The number of carbonyl (C=O) groups excluding carboxylic acids is 1. The van der Waals surface area contributed by atoms with Crippen molar-refractivity contribution in [2.75, 3.05) is 5.32 Å². The van der Waals surface area contributed by atoms with Crippen LogP contribution < -0.4 is 20.9 Å². The number of hydrogen-bond acceptors (Lipinski definition) is 5. The van der Waals surface area contributed by atoms with E-state index < -0.39 is 40.3 Å². The van der Waals surface area contributed by atoms with E-state index in [4.69, 9.17) is 16.3 Å². The average molecular weight is 570 g/mol. The number of aromatic nitrogens is 3. The molecule has 2 aromatic heterocycles. The molecule has 2 aromatic carbocycles. The van der Waals surface area contributed by atoms with Gasteiger partial charge in [-0.25, -0.2) is 8.88 Å². The second kappa shape index (κ2) is 9.55. The van der Waals surface area contributed by atoms with E-state index in [9.17, 15) is 27.2 Å². The lowest BCUT2D eigenvalue weighted by atomic mass is 10.1. The molecule has 1 aliphatic rings. The van der Waals surface area contributed by atoms with Crippen LogP contribution in [0.4, 0.5) is 29.1 Å². The molecule has 2 heterocycles. The molecular formula is C24H20ClF4N5O3S. The molecule has 1 amide bonds. The molecule has 14 heteroatoms. The number of benzene rings is 2. The van der Waals surface area contributed by atoms with E-state index in [1.165, 1.54) is 42.1 Å². The number of carbonyl (C=O) groups is 1. The molecule has 8 nitrogen and oxygen atoms in total. The molecule has 3 N–H and O–H groups in total. The molecule has 1 aliphatic carbocycles. The van der Waals surface area contributed by atoms with Crippen LogP contribution in [0.5, 0.6) is 11.5 Å². The summed E-state index contributed by atoms with van der Waals surface area (Å²) in [4.78, 5) is 26.4. The number of nitrogens with zero attached hydrogens (tertiary/aromatic N) is 2. The molecule has 0 radical (unpaired) electrons. The number of nitrogens with one attached hydrogen (secondary N) is 3. The molecule has 0 bridgehead atoms. The van der Waals surface area contributed by atoms with E-state index in [1.54, 1.807) is 17.1 Å². The summed E-state index contributed by atoms with van der Waals surface area (Å²) in [6.45, 7) is 1.66. The third-order valence-corrected chi connectivity index (χ3v) is 6.76. The zero-order chi connectivity index (χ0) is 27.4. The number of alkyl halides is 3. The minimum atomic E-state index is -5.20. The number of amides is 1. The number of rotatable bonds is 7. The Morgan fingerprint density at radius 1 is 1.21 bits per heavy atom. The monoisotopic (exact) mass is 569 g/mol. The van der Waals surface area contributed by atoms with Gasteiger partial charge in [0.1, 0.15) is 22.9 Å². The van der Waals surface area contributed by atoms with Crippen molar-refractivity contribution in [1.29, 1.82) is 0 Å². The molecule has 200 valence electrons. The summed E-state index contributed by atoms with van der Waals surface area (Å²) in [5, 5.41) is 5.21. The maximum atomic E-state index is 14.7. The van der Waals surface area contributed by atoms with Gasteiger partial charge >= 0.3 is 6.18 Å². The van der Waals surface area contributed by atoms with Crippen LogP contribution in [0.1, 0.15) is 34.3 Å². The lowest BCUT2D eigenvalue weighted by molar-refractivity contribution is -0.139. The van der Waals surface area contributed by atoms with Gasteiger partial charge in [0.25, 0.3) is 11.5 Å². The molecule has 1 fully saturated rings. The Morgan fingerprint density at radius 2 is 1.92 bits per heavy atom. The summed E-state index contributed by atoms with van der Waals surface area (Å²) in [5.74, 6) is -3.28. The Labute approximate surface area is 222 Å². The van der Waals surface area contributed by atoms with Crippen molar-refractivity contribution < 1.29 is 27.1 Å². The third-order valence-electron chi connectivity index (χ3n) is 5.89. The molecule has 4 aromatic rings. The van der Waals surface area contributed by atoms with Crippen LogP contribution in [0, 0.1) is 12.7 Å². The second-order valence-corrected chi connectivity index (χ2v) is 9.98. The van der Waals surface area contributed by atoms with E-state index in [2.05, 4.69) is 15.1 Å². The van der Waals surface area contributed by atoms with Gasteiger partial charge in [-0.3, -0.25) is 14.2 Å². The van der Waals surface area contributed by atoms with E-state index in [0.29, 0.717) is 28.7 Å². The lowest BCUT2D eigenvalue weighted by Crippen LogP contribution is -2.34. The van der Waals surface area contributed by atoms with E-state index in [-0.39, 0.29) is 28.3 Å². The van der Waals surface area contributed by atoms with Gasteiger partial charge in [0.2, 0.25) is 0 Å². The van der Waals surface area contributed by atoms with Crippen LogP contribution in [0.3, 0.4) is 0 Å². The third kappa shape index (κ3) is 5.16. The van der Waals surface area contributed by atoms with Crippen molar-refractivity contribution in [3.8, 4) is 17.2 Å². The molecule has 0 unspecified atom stereocenters. The maximum absolute atomic E-state index is 14.7. The SMILES string of the molecule is Cc1ccc(Nc2c(C(=O)NC3CC3)c(Oc3ccc(-n4[nH]s4)cc3Cl)c(C(F)(F)F)c(=O)n2C)c(F)c1. The van der Waals surface area contributed by atoms with Crippen molar-refractivity contribution in [2.24, 2.45) is 7.05 Å². The maximum Gasteiger partial charge on any atom is 0.425 e. The summed E-state index contributed by atoms with van der Waals surface area (Å²) >= 11 is 7.57. The number of ether oxygens (including phenoxy) is 1.